The highest BCUT2D eigenvalue weighted by molar-refractivity contribution is 9.10. The Balaban J connectivity index is 2.09. The molecule has 0 heterocycles. The van der Waals surface area contributed by atoms with Crippen LogP contribution in [0.4, 0.5) is 5.69 Å². The van der Waals surface area contributed by atoms with Gasteiger partial charge in [-0.05, 0) is 61.1 Å². The lowest BCUT2D eigenvalue weighted by molar-refractivity contribution is 0.0697. The Bertz CT molecular complexity index is 497. The Morgan fingerprint density at radius 2 is 2.05 bits per heavy atom. The lowest BCUT2D eigenvalue weighted by atomic mass is 9.96. The van der Waals surface area contributed by atoms with Gasteiger partial charge >= 0.3 is 5.97 Å². The maximum atomic E-state index is 10.9. The second kappa shape index (κ2) is 6.14. The third-order valence-corrected chi connectivity index (χ3v) is 4.96. The van der Waals surface area contributed by atoms with E-state index in [4.69, 9.17) is 5.11 Å². The summed E-state index contributed by atoms with van der Waals surface area (Å²) in [6, 6.07) is 5.10. The molecular formula is C15H21BrN2O2. The van der Waals surface area contributed by atoms with Gasteiger partial charge in [-0.2, -0.15) is 0 Å². The zero-order valence-electron chi connectivity index (χ0n) is 11.9. The van der Waals surface area contributed by atoms with E-state index in [0.29, 0.717) is 5.56 Å². The molecule has 1 aromatic rings. The van der Waals surface area contributed by atoms with Crippen LogP contribution in [0.25, 0.3) is 0 Å². The molecule has 2 N–H and O–H groups in total. The largest absolute Gasteiger partial charge is 0.478 e. The monoisotopic (exact) mass is 340 g/mol. The van der Waals surface area contributed by atoms with Gasteiger partial charge in [0.25, 0.3) is 0 Å². The fraction of sp³-hybridized carbons (Fsp3) is 0.533. The van der Waals surface area contributed by atoms with Gasteiger partial charge in [-0.3, -0.25) is 0 Å². The first-order chi connectivity index (χ1) is 9.44. The van der Waals surface area contributed by atoms with E-state index in [0.717, 1.165) is 16.7 Å². The van der Waals surface area contributed by atoms with Crippen molar-refractivity contribution in [2.24, 2.45) is 0 Å². The van der Waals surface area contributed by atoms with Crippen LogP contribution in [0.1, 0.15) is 36.0 Å². The Labute approximate surface area is 128 Å². The molecule has 1 saturated carbocycles. The molecule has 4 nitrogen and oxygen atoms in total. The number of nitrogens with one attached hydrogen (secondary N) is 1. The summed E-state index contributed by atoms with van der Waals surface area (Å²) in [6.45, 7) is 0.880. The lowest BCUT2D eigenvalue weighted by Crippen LogP contribution is -2.47. The van der Waals surface area contributed by atoms with E-state index < -0.39 is 5.97 Å². The normalized spacial score (nSPS) is 17.4. The van der Waals surface area contributed by atoms with Crippen molar-refractivity contribution in [3.05, 3.63) is 28.2 Å². The highest BCUT2D eigenvalue weighted by Gasteiger charge is 2.35. The van der Waals surface area contributed by atoms with Gasteiger partial charge in [0, 0.05) is 22.2 Å². The van der Waals surface area contributed by atoms with E-state index in [1.807, 2.05) is 6.07 Å². The van der Waals surface area contributed by atoms with Crippen LogP contribution in [0.2, 0.25) is 0 Å². The molecule has 0 aliphatic heterocycles. The summed E-state index contributed by atoms with van der Waals surface area (Å²) in [4.78, 5) is 13.2. The highest BCUT2D eigenvalue weighted by atomic mass is 79.9. The first-order valence-corrected chi connectivity index (χ1v) is 7.68. The maximum Gasteiger partial charge on any atom is 0.335 e. The molecule has 0 bridgehead atoms. The standard InChI is InChI=1S/C15H21BrN2O2/c1-18(2)15(7-3-4-8-15)10-17-13-6-5-11(14(19)20)9-12(13)16/h5-6,9,17H,3-4,7-8,10H2,1-2H3,(H,19,20). The average molecular weight is 341 g/mol. The number of carboxylic acid groups (broad SMARTS) is 1. The Morgan fingerprint density at radius 3 is 2.55 bits per heavy atom. The first kappa shape index (κ1) is 15.3. The average Bonchev–Trinajstić information content (AvgIpc) is 2.87. The van der Waals surface area contributed by atoms with Crippen molar-refractivity contribution < 1.29 is 9.90 Å². The van der Waals surface area contributed by atoms with Crippen molar-refractivity contribution in [1.29, 1.82) is 0 Å². The van der Waals surface area contributed by atoms with Gasteiger partial charge in [0.05, 0.1) is 5.56 Å². The van der Waals surface area contributed by atoms with Crippen molar-refractivity contribution in [3.8, 4) is 0 Å². The van der Waals surface area contributed by atoms with Gasteiger partial charge in [-0.15, -0.1) is 0 Å². The first-order valence-electron chi connectivity index (χ1n) is 6.89. The quantitative estimate of drug-likeness (QED) is 0.862. The van der Waals surface area contributed by atoms with Crippen LogP contribution in [0, 0.1) is 0 Å². The minimum atomic E-state index is -0.905. The zero-order valence-corrected chi connectivity index (χ0v) is 13.5. The summed E-state index contributed by atoms with van der Waals surface area (Å²) < 4.78 is 0.796. The van der Waals surface area contributed by atoms with Crippen molar-refractivity contribution >= 4 is 27.6 Å². The highest BCUT2D eigenvalue weighted by Crippen LogP contribution is 2.34. The van der Waals surface area contributed by atoms with Crippen LogP contribution < -0.4 is 5.32 Å². The minimum absolute atomic E-state index is 0.213. The van der Waals surface area contributed by atoms with Gasteiger partial charge in [0.15, 0.2) is 0 Å². The summed E-state index contributed by atoms with van der Waals surface area (Å²) in [7, 11) is 4.27. The molecule has 1 aliphatic carbocycles. The van der Waals surface area contributed by atoms with Crippen molar-refractivity contribution in [2.75, 3.05) is 26.0 Å². The van der Waals surface area contributed by atoms with Gasteiger partial charge in [0.2, 0.25) is 0 Å². The molecule has 110 valence electrons. The molecule has 0 spiro atoms. The predicted molar refractivity (Wildman–Crippen MR) is 84.5 cm³/mol. The molecule has 0 unspecified atom stereocenters. The number of nitrogens with zero attached hydrogens (tertiary/aromatic N) is 1. The molecular weight excluding hydrogens is 320 g/mol. The number of carboxylic acids is 1. The second-order valence-corrected chi connectivity index (χ2v) is 6.53. The molecule has 0 atom stereocenters. The van der Waals surface area contributed by atoms with E-state index in [2.05, 4.69) is 40.2 Å². The SMILES string of the molecule is CN(C)C1(CNc2ccc(C(=O)O)cc2Br)CCCC1. The molecule has 1 aromatic carbocycles. The minimum Gasteiger partial charge on any atom is -0.478 e. The summed E-state index contributed by atoms with van der Waals surface area (Å²) in [5.41, 5.74) is 1.46. The number of anilines is 1. The van der Waals surface area contributed by atoms with Crippen LogP contribution >= 0.6 is 15.9 Å². The summed E-state index contributed by atoms with van der Waals surface area (Å²) in [5, 5.41) is 12.4. The molecule has 0 aromatic heterocycles. The number of halogens is 1. The van der Waals surface area contributed by atoms with Gasteiger partial charge in [-0.1, -0.05) is 12.8 Å². The van der Waals surface area contributed by atoms with Crippen LogP contribution in [0.15, 0.2) is 22.7 Å². The van der Waals surface area contributed by atoms with Crippen LogP contribution in [-0.4, -0.2) is 42.2 Å². The fourth-order valence-electron chi connectivity index (χ4n) is 2.87. The number of hydrogen-bond donors (Lipinski definition) is 2. The molecule has 20 heavy (non-hydrogen) atoms. The van der Waals surface area contributed by atoms with Crippen molar-refractivity contribution in [2.45, 2.75) is 31.2 Å². The number of likely N-dealkylation sites (N-methyl/N-ethyl adjacent to an activating group) is 1. The van der Waals surface area contributed by atoms with Crippen LogP contribution in [-0.2, 0) is 0 Å². The van der Waals surface area contributed by atoms with E-state index in [1.165, 1.54) is 25.7 Å². The van der Waals surface area contributed by atoms with E-state index >= 15 is 0 Å². The Hall–Kier alpha value is -1.07. The Morgan fingerprint density at radius 1 is 1.40 bits per heavy atom. The predicted octanol–water partition coefficient (Wildman–Crippen LogP) is 3.43. The molecule has 0 saturated heterocycles. The summed E-state index contributed by atoms with van der Waals surface area (Å²) in [6.07, 6.45) is 4.97. The topological polar surface area (TPSA) is 52.6 Å². The summed E-state index contributed by atoms with van der Waals surface area (Å²) >= 11 is 3.44. The molecule has 1 fully saturated rings. The number of carbonyl (C=O) groups is 1. The molecule has 0 amide bonds. The zero-order chi connectivity index (χ0) is 14.8. The maximum absolute atomic E-state index is 10.9. The lowest BCUT2D eigenvalue weighted by Gasteiger charge is -2.37. The Kier molecular flexibility index (Phi) is 4.70. The smallest absolute Gasteiger partial charge is 0.335 e. The van der Waals surface area contributed by atoms with Gasteiger partial charge < -0.3 is 15.3 Å². The number of benzene rings is 1. The van der Waals surface area contributed by atoms with E-state index in [-0.39, 0.29) is 5.54 Å². The number of aromatic carboxylic acids is 1. The molecule has 5 heteroatoms. The molecule has 0 radical (unpaired) electrons. The second-order valence-electron chi connectivity index (χ2n) is 5.68. The summed E-state index contributed by atoms with van der Waals surface area (Å²) in [5.74, 6) is -0.905. The van der Waals surface area contributed by atoms with Crippen LogP contribution in [0.5, 0.6) is 0 Å². The van der Waals surface area contributed by atoms with Gasteiger partial charge in [-0.25, -0.2) is 4.79 Å². The third-order valence-electron chi connectivity index (χ3n) is 4.31. The van der Waals surface area contributed by atoms with Crippen LogP contribution in [0.3, 0.4) is 0 Å². The third kappa shape index (κ3) is 3.15. The van der Waals surface area contributed by atoms with Crippen molar-refractivity contribution in [1.82, 2.24) is 4.90 Å². The fourth-order valence-corrected chi connectivity index (χ4v) is 3.39. The number of hydrogen-bond acceptors (Lipinski definition) is 3. The van der Waals surface area contributed by atoms with Crippen molar-refractivity contribution in [3.63, 3.8) is 0 Å². The molecule has 2 rings (SSSR count). The number of rotatable bonds is 5. The molecule has 1 aliphatic rings. The van der Waals surface area contributed by atoms with Gasteiger partial charge in [0.1, 0.15) is 0 Å². The van der Waals surface area contributed by atoms with E-state index in [1.54, 1.807) is 12.1 Å². The van der Waals surface area contributed by atoms with E-state index in [9.17, 15) is 4.79 Å².